The van der Waals surface area contributed by atoms with Crippen LogP contribution in [0.5, 0.6) is 0 Å². The highest BCUT2D eigenvalue weighted by Gasteiger charge is 2.19. The second-order valence-electron chi connectivity index (χ2n) is 5.78. The van der Waals surface area contributed by atoms with Crippen molar-refractivity contribution in [1.82, 2.24) is 10.6 Å². The lowest BCUT2D eigenvalue weighted by atomic mass is 10.0. The molecule has 3 rings (SSSR count). The molecule has 0 aromatic heterocycles. The Balaban J connectivity index is 1.60. The molecule has 1 saturated heterocycles. The molecule has 0 spiro atoms. The Kier molecular flexibility index (Phi) is 4.86. The predicted octanol–water partition coefficient (Wildman–Crippen LogP) is 3.11. The Hall–Kier alpha value is -2.13. The average Bonchev–Trinajstić information content (AvgIpc) is 2.78. The SMILES string of the molecule is O=C1NCCCCC1NCc1ccc(-c2ccccc2)cc1. The largest absolute Gasteiger partial charge is 0.355 e. The van der Waals surface area contributed by atoms with Crippen molar-refractivity contribution in [2.24, 2.45) is 0 Å². The van der Waals surface area contributed by atoms with Gasteiger partial charge in [0.25, 0.3) is 0 Å². The van der Waals surface area contributed by atoms with E-state index < -0.39 is 0 Å². The zero-order chi connectivity index (χ0) is 15.2. The summed E-state index contributed by atoms with van der Waals surface area (Å²) in [6, 6.07) is 18.8. The lowest BCUT2D eigenvalue weighted by Crippen LogP contribution is -2.42. The molecule has 0 aliphatic carbocycles. The Bertz CT molecular complexity index is 607. The van der Waals surface area contributed by atoms with Crippen molar-refractivity contribution in [3.63, 3.8) is 0 Å². The topological polar surface area (TPSA) is 41.1 Å². The second-order valence-corrected chi connectivity index (χ2v) is 5.78. The highest BCUT2D eigenvalue weighted by molar-refractivity contribution is 5.81. The van der Waals surface area contributed by atoms with E-state index in [1.165, 1.54) is 16.7 Å². The molecule has 3 nitrogen and oxygen atoms in total. The predicted molar refractivity (Wildman–Crippen MR) is 89.4 cm³/mol. The first-order chi connectivity index (χ1) is 10.8. The Morgan fingerprint density at radius 2 is 1.68 bits per heavy atom. The summed E-state index contributed by atoms with van der Waals surface area (Å²) in [5.74, 6) is 0.137. The molecule has 1 amide bonds. The van der Waals surface area contributed by atoms with Crippen LogP contribution in [0.1, 0.15) is 24.8 Å². The minimum absolute atomic E-state index is 0.0590. The molecule has 1 aliphatic rings. The Labute approximate surface area is 131 Å². The minimum Gasteiger partial charge on any atom is -0.355 e. The number of hydrogen-bond donors (Lipinski definition) is 2. The number of benzene rings is 2. The summed E-state index contributed by atoms with van der Waals surface area (Å²) in [5, 5.41) is 6.33. The zero-order valence-corrected chi connectivity index (χ0v) is 12.7. The summed E-state index contributed by atoms with van der Waals surface area (Å²) in [4.78, 5) is 11.9. The normalized spacial score (nSPS) is 18.5. The second kappa shape index (κ2) is 7.23. The van der Waals surface area contributed by atoms with Gasteiger partial charge in [-0.3, -0.25) is 4.79 Å². The molecule has 1 aliphatic heterocycles. The fraction of sp³-hybridized carbons (Fsp3) is 0.316. The first-order valence-corrected chi connectivity index (χ1v) is 7.98. The first kappa shape index (κ1) is 14.8. The van der Waals surface area contributed by atoms with Crippen molar-refractivity contribution in [3.05, 3.63) is 60.2 Å². The molecule has 0 radical (unpaired) electrons. The molecule has 2 aromatic rings. The number of hydrogen-bond acceptors (Lipinski definition) is 2. The van der Waals surface area contributed by atoms with E-state index in [4.69, 9.17) is 0 Å². The van der Waals surface area contributed by atoms with Crippen molar-refractivity contribution in [2.75, 3.05) is 6.54 Å². The van der Waals surface area contributed by atoms with E-state index in [2.05, 4.69) is 59.2 Å². The van der Waals surface area contributed by atoms with Gasteiger partial charge in [0.05, 0.1) is 6.04 Å². The summed E-state index contributed by atoms with van der Waals surface area (Å²) >= 11 is 0. The van der Waals surface area contributed by atoms with E-state index in [0.717, 1.165) is 32.4 Å². The fourth-order valence-corrected chi connectivity index (χ4v) is 2.82. The van der Waals surface area contributed by atoms with Crippen molar-refractivity contribution in [1.29, 1.82) is 0 Å². The van der Waals surface area contributed by atoms with Gasteiger partial charge in [0.15, 0.2) is 0 Å². The van der Waals surface area contributed by atoms with Gasteiger partial charge < -0.3 is 10.6 Å². The van der Waals surface area contributed by atoms with Crippen molar-refractivity contribution >= 4 is 5.91 Å². The monoisotopic (exact) mass is 294 g/mol. The van der Waals surface area contributed by atoms with Crippen molar-refractivity contribution < 1.29 is 4.79 Å². The summed E-state index contributed by atoms with van der Waals surface area (Å²) < 4.78 is 0. The first-order valence-electron chi connectivity index (χ1n) is 7.98. The van der Waals surface area contributed by atoms with Gasteiger partial charge in [-0.1, -0.05) is 54.6 Å². The van der Waals surface area contributed by atoms with Crippen LogP contribution in [0.2, 0.25) is 0 Å². The van der Waals surface area contributed by atoms with Gasteiger partial charge >= 0.3 is 0 Å². The Morgan fingerprint density at radius 3 is 2.45 bits per heavy atom. The molecule has 1 heterocycles. The minimum atomic E-state index is -0.0590. The maximum atomic E-state index is 11.9. The number of amides is 1. The van der Waals surface area contributed by atoms with Crippen LogP contribution < -0.4 is 10.6 Å². The molecule has 22 heavy (non-hydrogen) atoms. The molecular formula is C19H22N2O. The summed E-state index contributed by atoms with van der Waals surface area (Å²) in [5.41, 5.74) is 3.65. The van der Waals surface area contributed by atoms with Crippen LogP contribution in [-0.2, 0) is 11.3 Å². The molecular weight excluding hydrogens is 272 g/mol. The van der Waals surface area contributed by atoms with E-state index in [1.54, 1.807) is 0 Å². The summed E-state index contributed by atoms with van der Waals surface area (Å²) in [6.07, 6.45) is 3.10. The van der Waals surface area contributed by atoms with Gasteiger partial charge in [-0.2, -0.15) is 0 Å². The fourth-order valence-electron chi connectivity index (χ4n) is 2.82. The zero-order valence-electron chi connectivity index (χ0n) is 12.7. The van der Waals surface area contributed by atoms with Crippen LogP contribution in [0.3, 0.4) is 0 Å². The van der Waals surface area contributed by atoms with Gasteiger partial charge in [0, 0.05) is 13.1 Å². The summed E-state index contributed by atoms with van der Waals surface area (Å²) in [6.45, 7) is 1.54. The summed E-state index contributed by atoms with van der Waals surface area (Å²) in [7, 11) is 0. The Morgan fingerprint density at radius 1 is 0.955 bits per heavy atom. The van der Waals surface area contributed by atoms with E-state index in [0.29, 0.717) is 0 Å². The quantitative estimate of drug-likeness (QED) is 0.909. The lowest BCUT2D eigenvalue weighted by molar-refractivity contribution is -0.122. The third kappa shape index (κ3) is 3.74. The third-order valence-electron chi connectivity index (χ3n) is 4.15. The molecule has 1 atom stereocenters. The van der Waals surface area contributed by atoms with Gasteiger partial charge in [-0.25, -0.2) is 0 Å². The highest BCUT2D eigenvalue weighted by Crippen LogP contribution is 2.19. The molecule has 3 heteroatoms. The van der Waals surface area contributed by atoms with Gasteiger partial charge in [-0.15, -0.1) is 0 Å². The highest BCUT2D eigenvalue weighted by atomic mass is 16.2. The van der Waals surface area contributed by atoms with E-state index in [1.807, 2.05) is 6.07 Å². The maximum Gasteiger partial charge on any atom is 0.237 e. The van der Waals surface area contributed by atoms with Gasteiger partial charge in [-0.05, 0) is 36.0 Å². The standard InChI is InChI=1S/C19H22N2O/c22-19-18(8-4-5-13-20-19)21-14-15-9-11-17(12-10-15)16-6-2-1-3-7-16/h1-3,6-7,9-12,18,21H,4-5,8,13-14H2,(H,20,22). The lowest BCUT2D eigenvalue weighted by Gasteiger charge is -2.15. The van der Waals surface area contributed by atoms with Crippen LogP contribution in [0, 0.1) is 0 Å². The maximum absolute atomic E-state index is 11.9. The molecule has 2 N–H and O–H groups in total. The number of rotatable bonds is 4. The van der Waals surface area contributed by atoms with Crippen LogP contribution in [0.15, 0.2) is 54.6 Å². The molecule has 2 aromatic carbocycles. The van der Waals surface area contributed by atoms with Crippen LogP contribution in [-0.4, -0.2) is 18.5 Å². The third-order valence-corrected chi connectivity index (χ3v) is 4.15. The van der Waals surface area contributed by atoms with E-state index in [9.17, 15) is 4.79 Å². The van der Waals surface area contributed by atoms with Crippen LogP contribution >= 0.6 is 0 Å². The number of carbonyl (C=O) groups excluding carboxylic acids is 1. The number of nitrogens with one attached hydrogen (secondary N) is 2. The van der Waals surface area contributed by atoms with Gasteiger partial charge in [0.2, 0.25) is 5.91 Å². The van der Waals surface area contributed by atoms with Crippen LogP contribution in [0.25, 0.3) is 11.1 Å². The van der Waals surface area contributed by atoms with E-state index in [-0.39, 0.29) is 11.9 Å². The number of carbonyl (C=O) groups is 1. The van der Waals surface area contributed by atoms with E-state index >= 15 is 0 Å². The average molecular weight is 294 g/mol. The smallest absolute Gasteiger partial charge is 0.237 e. The van der Waals surface area contributed by atoms with Crippen molar-refractivity contribution in [3.8, 4) is 11.1 Å². The molecule has 0 bridgehead atoms. The molecule has 114 valence electrons. The van der Waals surface area contributed by atoms with Crippen LogP contribution in [0.4, 0.5) is 0 Å². The molecule has 0 saturated carbocycles. The molecule has 1 fully saturated rings. The van der Waals surface area contributed by atoms with Crippen molar-refractivity contribution in [2.45, 2.75) is 31.8 Å². The molecule has 1 unspecified atom stereocenters. The van der Waals surface area contributed by atoms with Gasteiger partial charge in [0.1, 0.15) is 0 Å².